The fraction of sp³-hybridized carbons (Fsp3) is 0.667. The summed E-state index contributed by atoms with van der Waals surface area (Å²) in [5.74, 6) is 0. The van der Waals surface area contributed by atoms with Crippen molar-refractivity contribution in [2.45, 2.75) is 45.1 Å². The number of hydrogen-bond acceptors (Lipinski definition) is 3. The predicted octanol–water partition coefficient (Wildman–Crippen LogP) is 1.51. The molecular weight excluding hydrogens is 186 g/mol. The Morgan fingerprint density at radius 2 is 2.27 bits per heavy atom. The highest BCUT2D eigenvalue weighted by atomic mass is 14.9. The van der Waals surface area contributed by atoms with E-state index in [1.165, 1.54) is 29.8 Å². The van der Waals surface area contributed by atoms with Crippen molar-refractivity contribution in [1.29, 1.82) is 0 Å². The minimum Gasteiger partial charge on any atom is -0.317 e. The van der Waals surface area contributed by atoms with E-state index in [0.717, 1.165) is 19.3 Å². The van der Waals surface area contributed by atoms with Crippen LogP contribution in [0.15, 0.2) is 6.33 Å². The van der Waals surface area contributed by atoms with Crippen LogP contribution in [-0.4, -0.2) is 23.1 Å². The lowest BCUT2D eigenvalue weighted by molar-refractivity contribution is 0.535. The van der Waals surface area contributed by atoms with Crippen molar-refractivity contribution in [3.05, 3.63) is 23.3 Å². The molecule has 15 heavy (non-hydrogen) atoms. The molecule has 1 unspecified atom stereocenters. The van der Waals surface area contributed by atoms with Crippen LogP contribution in [0, 0.1) is 0 Å². The van der Waals surface area contributed by atoms with Gasteiger partial charge in [-0.25, -0.2) is 9.97 Å². The molecule has 0 aromatic carbocycles. The first-order valence-electron chi connectivity index (χ1n) is 5.84. The van der Waals surface area contributed by atoms with Crippen LogP contribution >= 0.6 is 0 Å². The van der Waals surface area contributed by atoms with E-state index in [1.54, 1.807) is 6.33 Å². The van der Waals surface area contributed by atoms with Crippen LogP contribution in [0.4, 0.5) is 0 Å². The molecule has 0 radical (unpaired) electrons. The average molecular weight is 205 g/mol. The van der Waals surface area contributed by atoms with Crippen molar-refractivity contribution in [3.63, 3.8) is 0 Å². The molecule has 3 heteroatoms. The first-order valence-corrected chi connectivity index (χ1v) is 5.84. The molecular formula is C12H19N3. The number of likely N-dealkylation sites (N-methyl/N-ethyl adjacent to an activating group) is 1. The maximum atomic E-state index is 4.43. The van der Waals surface area contributed by atoms with Crippen molar-refractivity contribution < 1.29 is 0 Å². The monoisotopic (exact) mass is 205 g/mol. The Kier molecular flexibility index (Phi) is 3.31. The number of hydrogen-bond donors (Lipinski definition) is 1. The highest BCUT2D eigenvalue weighted by molar-refractivity contribution is 5.29. The minimum absolute atomic E-state index is 0.546. The average Bonchev–Trinajstić information content (AvgIpc) is 2.74. The third-order valence-electron chi connectivity index (χ3n) is 3.30. The van der Waals surface area contributed by atoms with Crippen molar-refractivity contribution in [1.82, 2.24) is 15.3 Å². The van der Waals surface area contributed by atoms with Crippen molar-refractivity contribution in [3.8, 4) is 0 Å². The van der Waals surface area contributed by atoms with Crippen LogP contribution in [0.25, 0.3) is 0 Å². The van der Waals surface area contributed by atoms with E-state index >= 15 is 0 Å². The second-order valence-electron chi connectivity index (χ2n) is 4.20. The number of nitrogens with zero attached hydrogens (tertiary/aromatic N) is 2. The lowest BCUT2D eigenvalue weighted by Gasteiger charge is -2.14. The maximum absolute atomic E-state index is 4.43. The van der Waals surface area contributed by atoms with Gasteiger partial charge in [0.2, 0.25) is 0 Å². The topological polar surface area (TPSA) is 37.8 Å². The molecule has 0 bridgehead atoms. The van der Waals surface area contributed by atoms with Gasteiger partial charge in [0.05, 0.1) is 0 Å². The maximum Gasteiger partial charge on any atom is 0.115 e. The van der Waals surface area contributed by atoms with Gasteiger partial charge in [-0.15, -0.1) is 0 Å². The summed E-state index contributed by atoms with van der Waals surface area (Å²) in [6.07, 6.45) is 7.47. The summed E-state index contributed by atoms with van der Waals surface area (Å²) in [4.78, 5) is 8.78. The summed E-state index contributed by atoms with van der Waals surface area (Å²) in [7, 11) is 2.02. The molecule has 1 aliphatic carbocycles. The SMILES string of the molecule is CCC(Cc1ncnc2c1CCC2)NC. The van der Waals surface area contributed by atoms with E-state index in [0.29, 0.717) is 6.04 Å². The molecule has 0 fully saturated rings. The molecule has 1 aliphatic rings. The quantitative estimate of drug-likeness (QED) is 0.809. The molecule has 0 amide bonds. The molecule has 82 valence electrons. The Balaban J connectivity index is 2.18. The molecule has 1 N–H and O–H groups in total. The van der Waals surface area contributed by atoms with E-state index in [9.17, 15) is 0 Å². The second-order valence-corrected chi connectivity index (χ2v) is 4.20. The molecule has 1 atom stereocenters. The molecule has 1 aromatic rings. The standard InChI is InChI=1S/C12H19N3/c1-3-9(13-2)7-12-10-5-4-6-11(10)14-8-15-12/h8-9,13H,3-7H2,1-2H3. The summed E-state index contributed by atoms with van der Waals surface area (Å²) in [5.41, 5.74) is 3.97. The number of aryl methyl sites for hydroxylation is 1. The largest absolute Gasteiger partial charge is 0.317 e. The number of aromatic nitrogens is 2. The van der Waals surface area contributed by atoms with Gasteiger partial charge in [0.1, 0.15) is 6.33 Å². The molecule has 0 spiro atoms. The van der Waals surface area contributed by atoms with Gasteiger partial charge in [-0.2, -0.15) is 0 Å². The highest BCUT2D eigenvalue weighted by Crippen LogP contribution is 2.22. The molecule has 2 rings (SSSR count). The Hall–Kier alpha value is -0.960. The van der Waals surface area contributed by atoms with Gasteiger partial charge < -0.3 is 5.32 Å². The fourth-order valence-corrected chi connectivity index (χ4v) is 2.29. The van der Waals surface area contributed by atoms with Gasteiger partial charge >= 0.3 is 0 Å². The van der Waals surface area contributed by atoms with Gasteiger partial charge in [-0.1, -0.05) is 6.92 Å². The third kappa shape index (κ3) is 2.17. The zero-order valence-corrected chi connectivity index (χ0v) is 9.58. The van der Waals surface area contributed by atoms with Gasteiger partial charge in [-0.05, 0) is 38.3 Å². The zero-order valence-electron chi connectivity index (χ0n) is 9.58. The van der Waals surface area contributed by atoms with Crippen LogP contribution < -0.4 is 5.32 Å². The van der Waals surface area contributed by atoms with Gasteiger partial charge in [0.25, 0.3) is 0 Å². The van der Waals surface area contributed by atoms with Gasteiger partial charge in [0.15, 0.2) is 0 Å². The number of nitrogens with one attached hydrogen (secondary N) is 1. The second kappa shape index (κ2) is 4.71. The molecule has 1 aromatic heterocycles. The van der Waals surface area contributed by atoms with Crippen LogP contribution in [0.5, 0.6) is 0 Å². The van der Waals surface area contributed by atoms with Crippen molar-refractivity contribution >= 4 is 0 Å². The Morgan fingerprint density at radius 1 is 1.40 bits per heavy atom. The normalized spacial score (nSPS) is 16.4. The van der Waals surface area contributed by atoms with Crippen LogP contribution in [0.3, 0.4) is 0 Å². The first-order chi connectivity index (χ1) is 7.35. The lowest BCUT2D eigenvalue weighted by atomic mass is 10.0. The van der Waals surface area contributed by atoms with E-state index < -0.39 is 0 Å². The minimum atomic E-state index is 0.546. The Morgan fingerprint density at radius 3 is 3.00 bits per heavy atom. The zero-order chi connectivity index (χ0) is 10.7. The molecule has 0 saturated carbocycles. The van der Waals surface area contributed by atoms with Gasteiger partial charge in [0, 0.05) is 23.9 Å². The van der Waals surface area contributed by atoms with Crippen LogP contribution in [-0.2, 0) is 19.3 Å². The Labute approximate surface area is 91.3 Å². The van der Waals surface area contributed by atoms with E-state index in [1.807, 2.05) is 7.05 Å². The molecule has 0 aliphatic heterocycles. The number of fused-ring (bicyclic) bond motifs is 1. The fourth-order valence-electron chi connectivity index (χ4n) is 2.29. The summed E-state index contributed by atoms with van der Waals surface area (Å²) in [6, 6.07) is 0.546. The van der Waals surface area contributed by atoms with E-state index in [4.69, 9.17) is 0 Å². The molecule has 1 heterocycles. The summed E-state index contributed by atoms with van der Waals surface area (Å²) < 4.78 is 0. The highest BCUT2D eigenvalue weighted by Gasteiger charge is 2.18. The molecule has 3 nitrogen and oxygen atoms in total. The Bertz CT molecular complexity index is 332. The number of rotatable bonds is 4. The summed E-state index contributed by atoms with van der Waals surface area (Å²) in [6.45, 7) is 2.21. The summed E-state index contributed by atoms with van der Waals surface area (Å²) in [5, 5.41) is 3.33. The predicted molar refractivity (Wildman–Crippen MR) is 60.9 cm³/mol. The van der Waals surface area contributed by atoms with E-state index in [2.05, 4.69) is 22.2 Å². The van der Waals surface area contributed by atoms with Gasteiger partial charge in [-0.3, -0.25) is 0 Å². The molecule has 0 saturated heterocycles. The van der Waals surface area contributed by atoms with Crippen molar-refractivity contribution in [2.75, 3.05) is 7.05 Å². The van der Waals surface area contributed by atoms with Crippen LogP contribution in [0.1, 0.15) is 36.7 Å². The third-order valence-corrected chi connectivity index (χ3v) is 3.30. The van der Waals surface area contributed by atoms with Crippen molar-refractivity contribution in [2.24, 2.45) is 0 Å². The first kappa shape index (κ1) is 10.6. The lowest BCUT2D eigenvalue weighted by Crippen LogP contribution is -2.27. The summed E-state index contributed by atoms with van der Waals surface area (Å²) >= 11 is 0. The smallest absolute Gasteiger partial charge is 0.115 e. The van der Waals surface area contributed by atoms with Crippen LogP contribution in [0.2, 0.25) is 0 Å². The van der Waals surface area contributed by atoms with E-state index in [-0.39, 0.29) is 0 Å².